The monoisotopic (exact) mass is 444 g/mol. The van der Waals surface area contributed by atoms with E-state index in [2.05, 4.69) is 35.4 Å². The Morgan fingerprint density at radius 1 is 1.32 bits per heavy atom. The molecule has 8 heteroatoms. The van der Waals surface area contributed by atoms with Crippen LogP contribution in [0.2, 0.25) is 0 Å². The molecule has 1 fully saturated rings. The number of rotatable bonds is 5. The first kappa shape index (κ1) is 23.1. The summed E-state index contributed by atoms with van der Waals surface area (Å²) in [7, 11) is 0. The van der Waals surface area contributed by atoms with Crippen LogP contribution in [0.15, 0.2) is 40.4 Å². The van der Waals surface area contributed by atoms with Gasteiger partial charge >= 0.3 is 6.09 Å². The number of amides is 2. The molecule has 1 unspecified atom stereocenters. The second-order valence-corrected chi connectivity index (χ2v) is 9.79. The molecule has 1 atom stereocenters. The number of hydrogen-bond acceptors (Lipinski definition) is 6. The smallest absolute Gasteiger partial charge is 0.410 e. The molecule has 0 spiro atoms. The van der Waals surface area contributed by atoms with Gasteiger partial charge in [0.25, 0.3) is 0 Å². The van der Waals surface area contributed by atoms with Crippen molar-refractivity contribution in [3.8, 4) is 0 Å². The minimum atomic E-state index is -0.503. The van der Waals surface area contributed by atoms with Gasteiger partial charge in [-0.1, -0.05) is 25.1 Å². The quantitative estimate of drug-likeness (QED) is 0.702. The van der Waals surface area contributed by atoms with Gasteiger partial charge in [-0.25, -0.2) is 9.79 Å². The zero-order chi connectivity index (χ0) is 22.4. The van der Waals surface area contributed by atoms with Gasteiger partial charge in [-0.05, 0) is 44.6 Å². The molecule has 1 aromatic heterocycles. The lowest BCUT2D eigenvalue weighted by atomic mass is 10.0. The van der Waals surface area contributed by atoms with Gasteiger partial charge < -0.3 is 19.9 Å². The van der Waals surface area contributed by atoms with E-state index in [1.807, 2.05) is 32.2 Å². The van der Waals surface area contributed by atoms with E-state index in [-0.39, 0.29) is 6.09 Å². The van der Waals surface area contributed by atoms with Gasteiger partial charge in [0.2, 0.25) is 6.41 Å². The average molecular weight is 445 g/mol. The van der Waals surface area contributed by atoms with Crippen molar-refractivity contribution >= 4 is 35.2 Å². The molecule has 1 N–H and O–H groups in total. The highest BCUT2D eigenvalue weighted by Crippen LogP contribution is 2.28. The highest BCUT2D eigenvalue weighted by atomic mass is 32.1. The maximum atomic E-state index is 12.4. The number of nitrogens with zero attached hydrogens (tertiary/aromatic N) is 3. The van der Waals surface area contributed by atoms with Crippen LogP contribution in [-0.2, 0) is 9.53 Å². The lowest BCUT2D eigenvalue weighted by Crippen LogP contribution is -2.50. The van der Waals surface area contributed by atoms with Crippen molar-refractivity contribution in [1.29, 1.82) is 0 Å². The molecule has 2 amide bonds. The zero-order valence-electron chi connectivity index (χ0n) is 18.8. The minimum absolute atomic E-state index is 0.271. The third kappa shape index (κ3) is 6.43. The number of piperazine rings is 1. The summed E-state index contributed by atoms with van der Waals surface area (Å²) in [5, 5.41) is 4.82. The normalized spacial score (nSPS) is 20.1. The summed E-state index contributed by atoms with van der Waals surface area (Å²) in [5.41, 5.74) is 2.32. The molecule has 2 aliphatic rings. The second-order valence-electron chi connectivity index (χ2n) is 8.84. The van der Waals surface area contributed by atoms with E-state index < -0.39 is 5.60 Å². The van der Waals surface area contributed by atoms with Crippen LogP contribution in [0.4, 0.5) is 4.79 Å². The summed E-state index contributed by atoms with van der Waals surface area (Å²) in [6.07, 6.45) is 5.72. The van der Waals surface area contributed by atoms with Gasteiger partial charge in [-0.3, -0.25) is 4.79 Å². The SMILES string of the molecule is CC1C=C(c2cccs2)N=C(CNC=O)C(N2CCN(C(=O)OC(C)(C)C)CC2)=CC1. The molecule has 0 saturated carbocycles. The van der Waals surface area contributed by atoms with E-state index >= 15 is 0 Å². The molecule has 31 heavy (non-hydrogen) atoms. The zero-order valence-corrected chi connectivity index (χ0v) is 19.6. The van der Waals surface area contributed by atoms with Gasteiger partial charge in [-0.15, -0.1) is 11.3 Å². The average Bonchev–Trinajstić information content (AvgIpc) is 3.23. The van der Waals surface area contributed by atoms with Crippen molar-refractivity contribution in [3.05, 3.63) is 40.2 Å². The van der Waals surface area contributed by atoms with Gasteiger partial charge in [0.1, 0.15) is 5.60 Å². The lowest BCUT2D eigenvalue weighted by Gasteiger charge is -2.38. The van der Waals surface area contributed by atoms with Crippen LogP contribution in [0.25, 0.3) is 5.70 Å². The maximum absolute atomic E-state index is 12.4. The number of aliphatic imine (C=N–C) groups is 1. The topological polar surface area (TPSA) is 74.2 Å². The Morgan fingerprint density at radius 3 is 2.68 bits per heavy atom. The van der Waals surface area contributed by atoms with Crippen molar-refractivity contribution < 1.29 is 14.3 Å². The van der Waals surface area contributed by atoms with Crippen molar-refractivity contribution in [1.82, 2.24) is 15.1 Å². The maximum Gasteiger partial charge on any atom is 0.410 e. The molecule has 0 radical (unpaired) electrons. The molecule has 168 valence electrons. The molecular formula is C23H32N4O3S. The van der Waals surface area contributed by atoms with Crippen LogP contribution in [0.5, 0.6) is 0 Å². The van der Waals surface area contributed by atoms with Crippen molar-refractivity contribution in [3.63, 3.8) is 0 Å². The van der Waals surface area contributed by atoms with Crippen LogP contribution >= 0.6 is 11.3 Å². The number of carbonyl (C=O) groups is 2. The van der Waals surface area contributed by atoms with E-state index in [1.165, 1.54) is 0 Å². The summed E-state index contributed by atoms with van der Waals surface area (Å²) < 4.78 is 5.51. The first-order chi connectivity index (χ1) is 14.8. The molecule has 2 aliphatic heterocycles. The van der Waals surface area contributed by atoms with Crippen LogP contribution < -0.4 is 5.32 Å². The molecular weight excluding hydrogens is 412 g/mol. The Hall–Kier alpha value is -2.61. The number of ether oxygens (including phenoxy) is 1. The standard InChI is InChI=1S/C23H32N4O3S/c1-17-7-8-20(26-9-11-27(12-10-26)22(29)30-23(2,3)4)19(15-24-16-28)25-18(14-17)21-6-5-13-31-21/h5-6,8,13-14,16-17H,7,9-12,15H2,1-4H3,(H,24,28). The molecule has 7 nitrogen and oxygen atoms in total. The Balaban J connectivity index is 1.79. The Morgan fingerprint density at radius 2 is 2.06 bits per heavy atom. The predicted octanol–water partition coefficient (Wildman–Crippen LogP) is 3.75. The summed E-state index contributed by atoms with van der Waals surface area (Å²) >= 11 is 1.66. The van der Waals surface area contributed by atoms with Crippen LogP contribution in [-0.4, -0.2) is 66.3 Å². The number of hydrogen-bond donors (Lipinski definition) is 1. The van der Waals surface area contributed by atoms with E-state index in [4.69, 9.17) is 9.73 Å². The lowest BCUT2D eigenvalue weighted by molar-refractivity contribution is -0.109. The van der Waals surface area contributed by atoms with E-state index in [0.717, 1.165) is 28.4 Å². The van der Waals surface area contributed by atoms with Crippen LogP contribution in [0, 0.1) is 5.92 Å². The number of nitrogens with one attached hydrogen (secondary N) is 1. The third-order valence-electron chi connectivity index (χ3n) is 5.07. The molecule has 0 aliphatic carbocycles. The van der Waals surface area contributed by atoms with Gasteiger partial charge in [0.15, 0.2) is 0 Å². The Bertz CT molecular complexity index is 860. The summed E-state index contributed by atoms with van der Waals surface area (Å²) in [6, 6.07) is 4.10. The fraction of sp³-hybridized carbons (Fsp3) is 0.522. The summed E-state index contributed by atoms with van der Waals surface area (Å²) in [5.74, 6) is 0.347. The Labute approximate surface area is 188 Å². The largest absolute Gasteiger partial charge is 0.444 e. The predicted molar refractivity (Wildman–Crippen MR) is 125 cm³/mol. The number of carbonyl (C=O) groups excluding carboxylic acids is 2. The molecule has 3 rings (SSSR count). The van der Waals surface area contributed by atoms with Gasteiger partial charge in [-0.2, -0.15) is 0 Å². The second kappa shape index (κ2) is 10.1. The molecule has 1 aromatic rings. The van der Waals surface area contributed by atoms with Crippen LogP contribution in [0.1, 0.15) is 39.0 Å². The molecule has 0 aromatic carbocycles. The fourth-order valence-electron chi connectivity index (χ4n) is 3.59. The van der Waals surface area contributed by atoms with Crippen molar-refractivity contribution in [2.75, 3.05) is 32.7 Å². The van der Waals surface area contributed by atoms with Gasteiger partial charge in [0, 0.05) is 26.2 Å². The fourth-order valence-corrected chi connectivity index (χ4v) is 4.29. The van der Waals surface area contributed by atoms with Gasteiger partial charge in [0.05, 0.1) is 28.5 Å². The first-order valence-electron chi connectivity index (χ1n) is 10.7. The highest BCUT2D eigenvalue weighted by molar-refractivity contribution is 7.11. The number of thiophene rings is 1. The molecule has 3 heterocycles. The highest BCUT2D eigenvalue weighted by Gasteiger charge is 2.28. The van der Waals surface area contributed by atoms with Crippen molar-refractivity contribution in [2.45, 2.75) is 39.7 Å². The van der Waals surface area contributed by atoms with E-state index in [0.29, 0.717) is 45.1 Å². The van der Waals surface area contributed by atoms with E-state index in [9.17, 15) is 9.59 Å². The third-order valence-corrected chi connectivity index (χ3v) is 5.97. The van der Waals surface area contributed by atoms with Crippen molar-refractivity contribution in [2.24, 2.45) is 10.9 Å². The van der Waals surface area contributed by atoms with Crippen LogP contribution in [0.3, 0.4) is 0 Å². The first-order valence-corrected chi connectivity index (χ1v) is 11.6. The molecule has 1 saturated heterocycles. The Kier molecular flexibility index (Phi) is 7.54. The van der Waals surface area contributed by atoms with E-state index in [1.54, 1.807) is 16.2 Å². The molecule has 0 bridgehead atoms. The summed E-state index contributed by atoms with van der Waals surface area (Å²) in [4.78, 5) is 33.5. The number of allylic oxidation sites excluding steroid dienone is 2. The minimum Gasteiger partial charge on any atom is -0.444 e. The summed E-state index contributed by atoms with van der Waals surface area (Å²) in [6.45, 7) is 10.7.